The van der Waals surface area contributed by atoms with Crippen LogP contribution in [0.4, 0.5) is 5.69 Å². The standard InChI is InChI=1S/C15H13N3O/c1-10-4-5-11(9-18-10)19-14-7-6-13-12(15(14)16)3-2-8-17-13/h2-9H,16H2,1H3. The lowest BCUT2D eigenvalue weighted by atomic mass is 10.1. The topological polar surface area (TPSA) is 61.0 Å². The van der Waals surface area contributed by atoms with Crippen molar-refractivity contribution in [1.82, 2.24) is 9.97 Å². The molecule has 4 heteroatoms. The molecule has 3 aromatic rings. The van der Waals surface area contributed by atoms with Crippen molar-refractivity contribution in [2.45, 2.75) is 6.92 Å². The second kappa shape index (κ2) is 4.57. The van der Waals surface area contributed by atoms with Crippen molar-refractivity contribution >= 4 is 16.6 Å². The molecule has 94 valence electrons. The van der Waals surface area contributed by atoms with E-state index >= 15 is 0 Å². The number of pyridine rings is 2. The highest BCUT2D eigenvalue weighted by atomic mass is 16.5. The van der Waals surface area contributed by atoms with Gasteiger partial charge in [-0.25, -0.2) is 0 Å². The first kappa shape index (κ1) is 11.5. The van der Waals surface area contributed by atoms with Crippen LogP contribution in [-0.2, 0) is 0 Å². The monoisotopic (exact) mass is 251 g/mol. The molecule has 0 aliphatic heterocycles. The van der Waals surface area contributed by atoms with Crippen LogP contribution in [0.2, 0.25) is 0 Å². The number of fused-ring (bicyclic) bond motifs is 1. The van der Waals surface area contributed by atoms with E-state index in [9.17, 15) is 0 Å². The highest BCUT2D eigenvalue weighted by Crippen LogP contribution is 2.32. The lowest BCUT2D eigenvalue weighted by Crippen LogP contribution is -1.94. The lowest BCUT2D eigenvalue weighted by molar-refractivity contribution is 0.483. The van der Waals surface area contributed by atoms with Gasteiger partial charge in [0.1, 0.15) is 5.75 Å². The van der Waals surface area contributed by atoms with Gasteiger partial charge in [0.05, 0.1) is 17.4 Å². The second-order valence-corrected chi connectivity index (χ2v) is 4.28. The predicted octanol–water partition coefficient (Wildman–Crippen LogP) is 3.31. The number of ether oxygens (including phenoxy) is 1. The van der Waals surface area contributed by atoms with Gasteiger partial charge in [-0.2, -0.15) is 0 Å². The summed E-state index contributed by atoms with van der Waals surface area (Å²) in [7, 11) is 0. The Bertz CT molecular complexity index is 723. The molecule has 1 aromatic carbocycles. The van der Waals surface area contributed by atoms with Crippen LogP contribution in [0.15, 0.2) is 48.8 Å². The molecule has 0 bridgehead atoms. The van der Waals surface area contributed by atoms with Crippen LogP contribution in [0.5, 0.6) is 11.5 Å². The summed E-state index contributed by atoms with van der Waals surface area (Å²) in [6.07, 6.45) is 3.43. The third-order valence-corrected chi connectivity index (χ3v) is 2.90. The molecule has 0 aliphatic rings. The first-order chi connectivity index (χ1) is 9.24. The molecule has 2 heterocycles. The average molecular weight is 251 g/mol. The molecule has 0 amide bonds. The van der Waals surface area contributed by atoms with Gasteiger partial charge in [0, 0.05) is 17.3 Å². The van der Waals surface area contributed by atoms with Crippen LogP contribution in [-0.4, -0.2) is 9.97 Å². The van der Waals surface area contributed by atoms with Gasteiger partial charge in [-0.1, -0.05) is 0 Å². The van der Waals surface area contributed by atoms with Gasteiger partial charge in [-0.15, -0.1) is 0 Å². The van der Waals surface area contributed by atoms with Crippen LogP contribution >= 0.6 is 0 Å². The van der Waals surface area contributed by atoms with Crippen molar-refractivity contribution < 1.29 is 4.74 Å². The molecule has 0 atom stereocenters. The molecule has 0 unspecified atom stereocenters. The van der Waals surface area contributed by atoms with Crippen molar-refractivity contribution in [2.24, 2.45) is 0 Å². The average Bonchev–Trinajstić information content (AvgIpc) is 2.45. The zero-order valence-corrected chi connectivity index (χ0v) is 10.5. The molecule has 3 rings (SSSR count). The van der Waals surface area contributed by atoms with Gasteiger partial charge in [0.2, 0.25) is 0 Å². The number of hydrogen-bond acceptors (Lipinski definition) is 4. The van der Waals surface area contributed by atoms with Crippen molar-refractivity contribution in [3.63, 3.8) is 0 Å². The Hall–Kier alpha value is -2.62. The third kappa shape index (κ3) is 2.20. The van der Waals surface area contributed by atoms with E-state index in [0.29, 0.717) is 17.2 Å². The molecule has 0 radical (unpaired) electrons. The van der Waals surface area contributed by atoms with Crippen LogP contribution in [0.25, 0.3) is 10.9 Å². The van der Waals surface area contributed by atoms with Gasteiger partial charge in [0.15, 0.2) is 5.75 Å². The number of aromatic nitrogens is 2. The Morgan fingerprint density at radius 1 is 1.05 bits per heavy atom. The summed E-state index contributed by atoms with van der Waals surface area (Å²) in [5.41, 5.74) is 8.50. The van der Waals surface area contributed by atoms with Gasteiger partial charge < -0.3 is 10.5 Å². The predicted molar refractivity (Wildman–Crippen MR) is 75.2 cm³/mol. The minimum atomic E-state index is 0.589. The number of benzene rings is 1. The fourth-order valence-electron chi connectivity index (χ4n) is 1.89. The fraction of sp³-hybridized carbons (Fsp3) is 0.0667. The Balaban J connectivity index is 2.01. The van der Waals surface area contributed by atoms with E-state index in [1.54, 1.807) is 12.4 Å². The maximum Gasteiger partial charge on any atom is 0.151 e. The molecule has 19 heavy (non-hydrogen) atoms. The summed E-state index contributed by atoms with van der Waals surface area (Å²) >= 11 is 0. The van der Waals surface area contributed by atoms with Crippen LogP contribution in [0, 0.1) is 6.92 Å². The van der Waals surface area contributed by atoms with Crippen molar-refractivity contribution in [3.05, 3.63) is 54.5 Å². The highest BCUT2D eigenvalue weighted by molar-refractivity contribution is 5.93. The van der Waals surface area contributed by atoms with Crippen molar-refractivity contribution in [1.29, 1.82) is 0 Å². The third-order valence-electron chi connectivity index (χ3n) is 2.90. The summed E-state index contributed by atoms with van der Waals surface area (Å²) in [5.74, 6) is 1.28. The van der Waals surface area contributed by atoms with Gasteiger partial charge in [-0.05, 0) is 43.3 Å². The Kier molecular flexibility index (Phi) is 2.76. The van der Waals surface area contributed by atoms with Crippen LogP contribution < -0.4 is 10.5 Å². The zero-order valence-electron chi connectivity index (χ0n) is 10.5. The van der Waals surface area contributed by atoms with Crippen LogP contribution in [0.3, 0.4) is 0 Å². The molecule has 0 saturated heterocycles. The molecular formula is C15H13N3O. The van der Waals surface area contributed by atoms with Crippen LogP contribution in [0.1, 0.15) is 5.69 Å². The number of nitrogen functional groups attached to an aromatic ring is 1. The number of rotatable bonds is 2. The molecule has 2 N–H and O–H groups in total. The second-order valence-electron chi connectivity index (χ2n) is 4.28. The molecule has 0 saturated carbocycles. The first-order valence-electron chi connectivity index (χ1n) is 5.98. The van der Waals surface area contributed by atoms with Gasteiger partial charge in [-0.3, -0.25) is 9.97 Å². The Morgan fingerprint density at radius 3 is 2.74 bits per heavy atom. The molecule has 4 nitrogen and oxygen atoms in total. The Labute approximate surface area is 110 Å². The maximum atomic E-state index is 6.11. The summed E-state index contributed by atoms with van der Waals surface area (Å²) in [6.45, 7) is 1.93. The zero-order chi connectivity index (χ0) is 13.2. The van der Waals surface area contributed by atoms with Crippen molar-refractivity contribution in [3.8, 4) is 11.5 Å². The smallest absolute Gasteiger partial charge is 0.151 e. The normalized spacial score (nSPS) is 10.6. The van der Waals surface area contributed by atoms with Gasteiger partial charge in [0.25, 0.3) is 0 Å². The summed E-state index contributed by atoms with van der Waals surface area (Å²) in [6, 6.07) is 11.3. The summed E-state index contributed by atoms with van der Waals surface area (Å²) in [4.78, 5) is 8.44. The number of aryl methyl sites for hydroxylation is 1. The van der Waals surface area contributed by atoms with E-state index in [0.717, 1.165) is 16.6 Å². The number of anilines is 1. The van der Waals surface area contributed by atoms with Crippen molar-refractivity contribution in [2.75, 3.05) is 5.73 Å². The van der Waals surface area contributed by atoms with E-state index < -0.39 is 0 Å². The van der Waals surface area contributed by atoms with E-state index in [2.05, 4.69) is 9.97 Å². The molecule has 0 aliphatic carbocycles. The number of nitrogens with two attached hydrogens (primary N) is 1. The minimum Gasteiger partial charge on any atom is -0.454 e. The van der Waals surface area contributed by atoms with E-state index in [4.69, 9.17) is 10.5 Å². The molecule has 0 spiro atoms. The number of hydrogen-bond donors (Lipinski definition) is 1. The van der Waals surface area contributed by atoms with E-state index in [1.165, 1.54) is 0 Å². The first-order valence-corrected chi connectivity index (χ1v) is 5.98. The number of nitrogens with zero attached hydrogens (tertiary/aromatic N) is 2. The molecule has 2 aromatic heterocycles. The SMILES string of the molecule is Cc1ccc(Oc2ccc3ncccc3c2N)cn1. The molecular weight excluding hydrogens is 238 g/mol. The quantitative estimate of drug-likeness (QED) is 0.710. The van der Waals surface area contributed by atoms with E-state index in [-0.39, 0.29) is 0 Å². The highest BCUT2D eigenvalue weighted by Gasteiger charge is 2.07. The summed E-state index contributed by atoms with van der Waals surface area (Å²) < 4.78 is 5.76. The maximum absolute atomic E-state index is 6.11. The fourth-order valence-corrected chi connectivity index (χ4v) is 1.89. The summed E-state index contributed by atoms with van der Waals surface area (Å²) in [5, 5.41) is 0.889. The lowest BCUT2D eigenvalue weighted by Gasteiger charge is -2.10. The largest absolute Gasteiger partial charge is 0.454 e. The molecule has 0 fully saturated rings. The van der Waals surface area contributed by atoms with E-state index in [1.807, 2.05) is 43.3 Å². The Morgan fingerprint density at radius 2 is 1.95 bits per heavy atom. The minimum absolute atomic E-state index is 0.589. The van der Waals surface area contributed by atoms with Gasteiger partial charge >= 0.3 is 0 Å².